The number of aromatic nitrogens is 5. The van der Waals surface area contributed by atoms with E-state index >= 15 is 0 Å². The summed E-state index contributed by atoms with van der Waals surface area (Å²) in [5.74, 6) is 0.961. The first-order chi connectivity index (χ1) is 18.0. The zero-order valence-corrected chi connectivity index (χ0v) is 20.5. The summed E-state index contributed by atoms with van der Waals surface area (Å²) in [5, 5.41) is 11.1. The summed E-state index contributed by atoms with van der Waals surface area (Å²) >= 11 is 0. The van der Waals surface area contributed by atoms with Crippen LogP contribution in [0.5, 0.6) is 0 Å². The number of halogens is 2. The Kier molecular flexibility index (Phi) is 6.33. The molecule has 1 saturated heterocycles. The van der Waals surface area contributed by atoms with Crippen LogP contribution in [0.4, 0.5) is 26.2 Å². The fourth-order valence-electron chi connectivity index (χ4n) is 5.04. The lowest BCUT2D eigenvalue weighted by Crippen LogP contribution is -2.42. The Morgan fingerprint density at radius 1 is 1.00 bits per heavy atom. The highest BCUT2D eigenvalue weighted by molar-refractivity contribution is 5.93. The van der Waals surface area contributed by atoms with E-state index in [1.54, 1.807) is 24.5 Å². The molecule has 0 radical (unpaired) electrons. The zero-order chi connectivity index (χ0) is 25.4. The van der Waals surface area contributed by atoms with Crippen LogP contribution in [-0.4, -0.2) is 44.1 Å². The normalized spacial score (nSPS) is 20.0. The van der Waals surface area contributed by atoms with Gasteiger partial charge in [0.05, 0.1) is 17.9 Å². The molecule has 8 nitrogen and oxygen atoms in total. The molecule has 4 aromatic heterocycles. The van der Waals surface area contributed by atoms with Crippen LogP contribution in [-0.2, 0) is 0 Å². The number of piperidine rings is 1. The quantitative estimate of drug-likeness (QED) is 0.332. The second-order valence-corrected chi connectivity index (χ2v) is 9.91. The van der Waals surface area contributed by atoms with Crippen molar-refractivity contribution in [1.82, 2.24) is 30.2 Å². The molecular weight excluding hydrogens is 474 g/mol. The van der Waals surface area contributed by atoms with Crippen molar-refractivity contribution in [2.75, 3.05) is 23.7 Å². The Labute approximate surface area is 213 Å². The molecule has 0 unspecified atom stereocenters. The molecule has 4 aromatic rings. The molecule has 3 N–H and O–H groups in total. The minimum absolute atomic E-state index is 0.109. The molecule has 6 rings (SSSR count). The predicted octanol–water partition coefficient (Wildman–Crippen LogP) is 5.18. The number of nitrogens with zero attached hydrogens (tertiary/aromatic N) is 5. The van der Waals surface area contributed by atoms with Crippen LogP contribution in [0.2, 0.25) is 0 Å². The van der Waals surface area contributed by atoms with Gasteiger partial charge in [0, 0.05) is 35.5 Å². The van der Waals surface area contributed by atoms with Gasteiger partial charge in [-0.15, -0.1) is 0 Å². The van der Waals surface area contributed by atoms with E-state index in [9.17, 15) is 8.78 Å². The fourth-order valence-corrected chi connectivity index (χ4v) is 5.04. The van der Waals surface area contributed by atoms with Crippen LogP contribution < -0.4 is 16.0 Å². The standard InChI is InChI=1S/C27H28F2N8/c1-15-11-30-7-6-21(15)34-27-24-19(16-3-2-4-16)13-31-14-22(24)35-25(37-27)17-5-8-32-23(9-17)36-26-20(29)10-18(28)12-33-26/h5,8-10,12-16,21,30H,2-4,6-7,11H2,1H3,(H,32,33,36)(H,34,35,37)/t15-,21+/m1/s1. The molecule has 10 heteroatoms. The molecule has 0 bridgehead atoms. The lowest BCUT2D eigenvalue weighted by Gasteiger charge is -2.32. The number of rotatable bonds is 6. The molecule has 1 saturated carbocycles. The van der Waals surface area contributed by atoms with Crippen molar-refractivity contribution >= 4 is 28.4 Å². The topological polar surface area (TPSA) is 101 Å². The number of hydrogen-bond donors (Lipinski definition) is 3. The predicted molar refractivity (Wildman–Crippen MR) is 139 cm³/mol. The van der Waals surface area contributed by atoms with Crippen molar-refractivity contribution in [3.05, 3.63) is 60.2 Å². The average molecular weight is 503 g/mol. The maximum atomic E-state index is 14.1. The summed E-state index contributed by atoms with van der Waals surface area (Å²) < 4.78 is 27.4. The molecule has 5 heterocycles. The van der Waals surface area contributed by atoms with E-state index in [0.29, 0.717) is 29.0 Å². The van der Waals surface area contributed by atoms with Crippen LogP contribution in [0.1, 0.15) is 44.1 Å². The van der Waals surface area contributed by atoms with Gasteiger partial charge < -0.3 is 16.0 Å². The molecule has 0 aromatic carbocycles. The first kappa shape index (κ1) is 23.6. The number of anilines is 3. The van der Waals surface area contributed by atoms with E-state index in [-0.39, 0.29) is 11.9 Å². The summed E-state index contributed by atoms with van der Waals surface area (Å²) in [4.78, 5) is 22.5. The van der Waals surface area contributed by atoms with Gasteiger partial charge in [0.1, 0.15) is 17.5 Å². The van der Waals surface area contributed by atoms with Crippen LogP contribution in [0.15, 0.2) is 43.0 Å². The zero-order valence-electron chi connectivity index (χ0n) is 20.5. The molecule has 0 amide bonds. The Morgan fingerprint density at radius 2 is 1.89 bits per heavy atom. The van der Waals surface area contributed by atoms with E-state index < -0.39 is 11.6 Å². The third-order valence-corrected chi connectivity index (χ3v) is 7.36. The van der Waals surface area contributed by atoms with Gasteiger partial charge in [-0.2, -0.15) is 0 Å². The summed E-state index contributed by atoms with van der Waals surface area (Å²) in [5.41, 5.74) is 2.70. The van der Waals surface area contributed by atoms with E-state index in [1.165, 1.54) is 12.0 Å². The van der Waals surface area contributed by atoms with Gasteiger partial charge >= 0.3 is 0 Å². The summed E-state index contributed by atoms with van der Waals surface area (Å²) in [6.45, 7) is 4.16. The van der Waals surface area contributed by atoms with Crippen LogP contribution in [0.3, 0.4) is 0 Å². The Bertz CT molecular complexity index is 1440. The molecule has 1 aliphatic heterocycles. The Balaban J connectivity index is 1.41. The molecular formula is C27H28F2N8. The van der Waals surface area contributed by atoms with Crippen molar-refractivity contribution in [3.8, 4) is 11.4 Å². The second kappa shape index (κ2) is 9.93. The number of nitrogens with one attached hydrogen (secondary N) is 3. The first-order valence-corrected chi connectivity index (χ1v) is 12.7. The van der Waals surface area contributed by atoms with Crippen molar-refractivity contribution in [1.29, 1.82) is 0 Å². The van der Waals surface area contributed by atoms with Crippen LogP contribution >= 0.6 is 0 Å². The van der Waals surface area contributed by atoms with Gasteiger partial charge in [0.15, 0.2) is 17.5 Å². The molecule has 2 atom stereocenters. The van der Waals surface area contributed by atoms with E-state index in [0.717, 1.165) is 61.3 Å². The number of hydrogen-bond acceptors (Lipinski definition) is 8. The summed E-state index contributed by atoms with van der Waals surface area (Å²) in [6.07, 6.45) is 10.8. The molecule has 1 aliphatic carbocycles. The van der Waals surface area contributed by atoms with Gasteiger partial charge in [0.2, 0.25) is 0 Å². The van der Waals surface area contributed by atoms with Crippen molar-refractivity contribution in [3.63, 3.8) is 0 Å². The highest BCUT2D eigenvalue weighted by Gasteiger charge is 2.27. The lowest BCUT2D eigenvalue weighted by atomic mass is 9.79. The van der Waals surface area contributed by atoms with Crippen molar-refractivity contribution in [2.24, 2.45) is 5.92 Å². The van der Waals surface area contributed by atoms with Gasteiger partial charge in [-0.05, 0) is 61.9 Å². The van der Waals surface area contributed by atoms with Gasteiger partial charge in [0.25, 0.3) is 0 Å². The highest BCUT2D eigenvalue weighted by atomic mass is 19.1. The SMILES string of the molecule is C[C@@H]1CNCC[C@@H]1Nc1nc(-c2ccnc(Nc3ncc(F)cc3F)c2)nc2cncc(C3CCC3)c12. The maximum Gasteiger partial charge on any atom is 0.168 e. The largest absolute Gasteiger partial charge is 0.366 e. The van der Waals surface area contributed by atoms with E-state index in [2.05, 4.69) is 37.8 Å². The van der Waals surface area contributed by atoms with Crippen molar-refractivity contribution in [2.45, 2.75) is 44.6 Å². The van der Waals surface area contributed by atoms with Crippen LogP contribution in [0.25, 0.3) is 22.3 Å². The Hall–Kier alpha value is -3.79. The fraction of sp³-hybridized carbons (Fsp3) is 0.370. The lowest BCUT2D eigenvalue weighted by molar-refractivity contribution is 0.368. The number of fused-ring (bicyclic) bond motifs is 1. The molecule has 37 heavy (non-hydrogen) atoms. The van der Waals surface area contributed by atoms with Crippen LogP contribution in [0, 0.1) is 17.6 Å². The van der Waals surface area contributed by atoms with Crippen molar-refractivity contribution < 1.29 is 8.78 Å². The average Bonchev–Trinajstić information content (AvgIpc) is 2.86. The number of pyridine rings is 3. The maximum absolute atomic E-state index is 14.1. The summed E-state index contributed by atoms with van der Waals surface area (Å²) in [6, 6.07) is 4.60. The smallest absolute Gasteiger partial charge is 0.168 e. The molecule has 190 valence electrons. The van der Waals surface area contributed by atoms with Gasteiger partial charge in [-0.3, -0.25) is 4.98 Å². The molecule has 0 spiro atoms. The highest BCUT2D eigenvalue weighted by Crippen LogP contribution is 2.41. The summed E-state index contributed by atoms with van der Waals surface area (Å²) in [7, 11) is 0. The first-order valence-electron chi connectivity index (χ1n) is 12.7. The monoisotopic (exact) mass is 502 g/mol. The van der Waals surface area contributed by atoms with E-state index in [4.69, 9.17) is 9.97 Å². The third kappa shape index (κ3) is 4.81. The minimum atomic E-state index is -0.800. The van der Waals surface area contributed by atoms with Gasteiger partial charge in [-0.25, -0.2) is 28.7 Å². The van der Waals surface area contributed by atoms with Gasteiger partial charge in [-0.1, -0.05) is 13.3 Å². The third-order valence-electron chi connectivity index (χ3n) is 7.36. The Morgan fingerprint density at radius 3 is 2.68 bits per heavy atom. The van der Waals surface area contributed by atoms with E-state index in [1.807, 2.05) is 6.20 Å². The molecule has 2 fully saturated rings. The minimum Gasteiger partial charge on any atom is -0.366 e. The second-order valence-electron chi connectivity index (χ2n) is 9.91. The molecule has 2 aliphatic rings.